The number of anilines is 2. The van der Waals surface area contributed by atoms with Gasteiger partial charge in [0.2, 0.25) is 5.95 Å². The molecule has 38 heavy (non-hydrogen) atoms. The van der Waals surface area contributed by atoms with Crippen LogP contribution in [0.3, 0.4) is 0 Å². The highest BCUT2D eigenvalue weighted by molar-refractivity contribution is 9.10. The second-order valence-electron chi connectivity index (χ2n) is 8.97. The van der Waals surface area contributed by atoms with E-state index in [0.29, 0.717) is 41.9 Å². The van der Waals surface area contributed by atoms with Crippen LogP contribution >= 0.6 is 15.9 Å². The Kier molecular flexibility index (Phi) is 7.46. The van der Waals surface area contributed by atoms with Gasteiger partial charge in [-0.15, -0.1) is 0 Å². The summed E-state index contributed by atoms with van der Waals surface area (Å²) in [7, 11) is 0. The predicted molar refractivity (Wildman–Crippen MR) is 150 cm³/mol. The highest BCUT2D eigenvalue weighted by atomic mass is 79.9. The van der Waals surface area contributed by atoms with Crippen molar-refractivity contribution in [2.45, 2.75) is 33.4 Å². The summed E-state index contributed by atoms with van der Waals surface area (Å²) in [5, 5.41) is 10.7. The van der Waals surface area contributed by atoms with Gasteiger partial charge in [0.1, 0.15) is 19.0 Å². The number of aryl methyl sites for hydroxylation is 1. The van der Waals surface area contributed by atoms with Crippen LogP contribution in [0.2, 0.25) is 0 Å². The van der Waals surface area contributed by atoms with E-state index >= 15 is 0 Å². The molecule has 1 atom stereocenters. The quantitative estimate of drug-likeness (QED) is 0.259. The molecule has 1 aliphatic heterocycles. The van der Waals surface area contributed by atoms with Gasteiger partial charge in [-0.3, -0.25) is 4.79 Å². The summed E-state index contributed by atoms with van der Waals surface area (Å²) in [4.78, 5) is 18.0. The number of benzene rings is 3. The summed E-state index contributed by atoms with van der Waals surface area (Å²) in [5.74, 6) is 1.56. The van der Waals surface area contributed by atoms with E-state index in [0.717, 1.165) is 26.9 Å². The van der Waals surface area contributed by atoms with Gasteiger partial charge in [-0.2, -0.15) is 10.1 Å². The summed E-state index contributed by atoms with van der Waals surface area (Å²) in [6.07, 6.45) is 1.48. The fraction of sp³-hybridized carbons (Fsp3) is 0.207. The Bertz CT molecular complexity index is 1500. The van der Waals surface area contributed by atoms with Crippen molar-refractivity contribution in [3.63, 3.8) is 0 Å². The lowest BCUT2D eigenvalue weighted by Crippen LogP contribution is -2.31. The number of rotatable bonds is 8. The second kappa shape index (κ2) is 11.1. The van der Waals surface area contributed by atoms with E-state index < -0.39 is 6.04 Å². The maximum absolute atomic E-state index is 13.6. The molecule has 0 saturated heterocycles. The average molecular weight is 574 g/mol. The molecule has 2 N–H and O–H groups in total. The molecule has 5 rings (SSSR count). The van der Waals surface area contributed by atoms with Gasteiger partial charge in [0.15, 0.2) is 11.5 Å². The SMILES string of the molecule is CCOc1cc(C2C(C(=O)Nc3cccc(C)c3)=C(C)Nc3ncnn32)ccc1OCc1ccc(Br)cc1. The zero-order chi connectivity index (χ0) is 26.6. The van der Waals surface area contributed by atoms with Crippen molar-refractivity contribution in [3.05, 3.63) is 105 Å². The smallest absolute Gasteiger partial charge is 0.255 e. The van der Waals surface area contributed by atoms with Crippen LogP contribution in [0.1, 0.15) is 36.6 Å². The number of carbonyl (C=O) groups is 1. The molecule has 194 valence electrons. The van der Waals surface area contributed by atoms with E-state index in [1.54, 1.807) is 4.68 Å². The van der Waals surface area contributed by atoms with E-state index in [9.17, 15) is 4.79 Å². The summed E-state index contributed by atoms with van der Waals surface area (Å²) in [6.45, 7) is 6.65. The Balaban J connectivity index is 1.48. The minimum Gasteiger partial charge on any atom is -0.490 e. The maximum Gasteiger partial charge on any atom is 0.255 e. The Hall–Kier alpha value is -4.11. The predicted octanol–water partition coefficient (Wildman–Crippen LogP) is 6.25. The third-order valence-corrected chi connectivity index (χ3v) is 6.73. The minimum absolute atomic E-state index is 0.222. The fourth-order valence-electron chi connectivity index (χ4n) is 4.44. The zero-order valence-corrected chi connectivity index (χ0v) is 23.0. The third-order valence-electron chi connectivity index (χ3n) is 6.21. The molecular formula is C29H28BrN5O3. The number of carbonyl (C=O) groups excluding carboxylic acids is 1. The topological polar surface area (TPSA) is 90.3 Å². The lowest BCUT2D eigenvalue weighted by molar-refractivity contribution is -0.113. The molecule has 9 heteroatoms. The van der Waals surface area contributed by atoms with Crippen LogP contribution in [0.15, 0.2) is 88.8 Å². The van der Waals surface area contributed by atoms with Gasteiger partial charge in [-0.1, -0.05) is 46.3 Å². The molecule has 1 aromatic heterocycles. The molecule has 0 fully saturated rings. The zero-order valence-electron chi connectivity index (χ0n) is 21.4. The van der Waals surface area contributed by atoms with E-state index in [2.05, 4.69) is 36.6 Å². The summed E-state index contributed by atoms with van der Waals surface area (Å²) in [5.41, 5.74) is 4.89. The van der Waals surface area contributed by atoms with Crippen LogP contribution < -0.4 is 20.1 Å². The highest BCUT2D eigenvalue weighted by Crippen LogP contribution is 2.39. The van der Waals surface area contributed by atoms with Crippen LogP contribution in [-0.2, 0) is 11.4 Å². The number of amides is 1. The molecule has 0 spiro atoms. The number of ether oxygens (including phenoxy) is 2. The highest BCUT2D eigenvalue weighted by Gasteiger charge is 2.34. The summed E-state index contributed by atoms with van der Waals surface area (Å²) >= 11 is 3.46. The largest absolute Gasteiger partial charge is 0.490 e. The number of hydrogen-bond donors (Lipinski definition) is 2. The standard InChI is InChI=1S/C29H28BrN5O3/c1-4-37-25-15-21(10-13-24(25)38-16-20-8-11-22(30)12-9-20)27-26(19(3)33-29-31-17-32-35(27)29)28(36)34-23-7-5-6-18(2)14-23/h5-15,17,27H,4,16H2,1-3H3,(H,34,36)(H,31,32,33). The molecule has 1 unspecified atom stereocenters. The number of allylic oxidation sites excluding steroid dienone is 1. The van der Waals surface area contributed by atoms with Gasteiger partial charge >= 0.3 is 0 Å². The summed E-state index contributed by atoms with van der Waals surface area (Å²) in [6, 6.07) is 20.9. The van der Waals surface area contributed by atoms with Crippen molar-refractivity contribution < 1.29 is 14.3 Å². The molecule has 1 aliphatic rings. The van der Waals surface area contributed by atoms with Crippen molar-refractivity contribution in [2.75, 3.05) is 17.2 Å². The van der Waals surface area contributed by atoms with Crippen molar-refractivity contribution in [3.8, 4) is 11.5 Å². The first-order chi connectivity index (χ1) is 18.4. The van der Waals surface area contributed by atoms with Crippen LogP contribution in [0, 0.1) is 6.92 Å². The molecule has 1 amide bonds. The number of aromatic nitrogens is 3. The first-order valence-corrected chi connectivity index (χ1v) is 13.1. The monoisotopic (exact) mass is 573 g/mol. The van der Waals surface area contributed by atoms with Gasteiger partial charge in [-0.25, -0.2) is 4.68 Å². The minimum atomic E-state index is -0.515. The van der Waals surface area contributed by atoms with Gasteiger partial charge in [0.25, 0.3) is 5.91 Å². The van der Waals surface area contributed by atoms with Gasteiger partial charge < -0.3 is 20.1 Å². The van der Waals surface area contributed by atoms with Crippen molar-refractivity contribution in [1.29, 1.82) is 0 Å². The molecule has 3 aromatic carbocycles. The lowest BCUT2D eigenvalue weighted by Gasteiger charge is -2.29. The molecule has 0 radical (unpaired) electrons. The van der Waals surface area contributed by atoms with Gasteiger partial charge in [-0.05, 0) is 73.9 Å². The van der Waals surface area contributed by atoms with Crippen LogP contribution in [0.5, 0.6) is 11.5 Å². The first kappa shape index (κ1) is 25.5. The number of nitrogens with one attached hydrogen (secondary N) is 2. The van der Waals surface area contributed by atoms with Crippen LogP contribution in [-0.4, -0.2) is 27.3 Å². The van der Waals surface area contributed by atoms with E-state index in [-0.39, 0.29) is 5.91 Å². The number of hydrogen-bond acceptors (Lipinski definition) is 6. The van der Waals surface area contributed by atoms with Gasteiger partial charge in [0.05, 0.1) is 12.2 Å². The molecule has 2 heterocycles. The fourth-order valence-corrected chi connectivity index (χ4v) is 4.70. The second-order valence-corrected chi connectivity index (χ2v) is 9.89. The van der Waals surface area contributed by atoms with Crippen molar-refractivity contribution in [1.82, 2.24) is 14.8 Å². The maximum atomic E-state index is 13.6. The third kappa shape index (κ3) is 5.43. The average Bonchev–Trinajstić information content (AvgIpc) is 3.36. The van der Waals surface area contributed by atoms with Crippen LogP contribution in [0.4, 0.5) is 11.6 Å². The van der Waals surface area contributed by atoms with E-state index in [1.165, 1.54) is 6.33 Å². The molecule has 0 aliphatic carbocycles. The number of fused-ring (bicyclic) bond motifs is 1. The first-order valence-electron chi connectivity index (χ1n) is 12.3. The molecule has 8 nitrogen and oxygen atoms in total. The normalized spacial score (nSPS) is 14.5. The Labute approximate surface area is 229 Å². The van der Waals surface area contributed by atoms with E-state index in [1.807, 2.05) is 87.5 Å². The number of halogens is 1. The van der Waals surface area contributed by atoms with Gasteiger partial charge in [0, 0.05) is 15.9 Å². The molecule has 0 saturated carbocycles. The number of nitrogens with zero attached hydrogens (tertiary/aromatic N) is 3. The van der Waals surface area contributed by atoms with Crippen LogP contribution in [0.25, 0.3) is 0 Å². The van der Waals surface area contributed by atoms with Crippen molar-refractivity contribution in [2.24, 2.45) is 0 Å². The Morgan fingerprint density at radius 1 is 1.05 bits per heavy atom. The Morgan fingerprint density at radius 2 is 1.87 bits per heavy atom. The van der Waals surface area contributed by atoms with Crippen molar-refractivity contribution >= 4 is 33.5 Å². The molecular weight excluding hydrogens is 546 g/mol. The Morgan fingerprint density at radius 3 is 2.63 bits per heavy atom. The lowest BCUT2D eigenvalue weighted by atomic mass is 9.94. The van der Waals surface area contributed by atoms with E-state index in [4.69, 9.17) is 9.47 Å². The molecule has 0 bridgehead atoms. The molecule has 4 aromatic rings. The summed E-state index contributed by atoms with van der Waals surface area (Å²) < 4.78 is 14.8.